The van der Waals surface area contributed by atoms with E-state index in [9.17, 15) is 14.7 Å². The van der Waals surface area contributed by atoms with Gasteiger partial charge in [0.1, 0.15) is 6.10 Å². The first-order chi connectivity index (χ1) is 12.2. The highest BCUT2D eigenvalue weighted by Gasteiger charge is 2.31. The van der Waals surface area contributed by atoms with Crippen LogP contribution in [0.4, 0.5) is 0 Å². The number of hydrogen-bond donors (Lipinski definition) is 6. The average molecular weight is 370 g/mol. The van der Waals surface area contributed by atoms with Gasteiger partial charge in [-0.05, 0) is 6.08 Å². The number of aliphatic imine (C=N–C) groups is 1. The molecule has 1 aliphatic heterocycles. The molecule has 10 nitrogen and oxygen atoms in total. The number of rotatable bonds is 5. The molecule has 0 bridgehead atoms. The molecule has 0 aromatic rings. The average Bonchev–Trinajstić information content (AvgIpc) is 2.57. The zero-order valence-corrected chi connectivity index (χ0v) is 14.5. The minimum absolute atomic E-state index is 0.0894. The molecule has 1 amide bonds. The van der Waals surface area contributed by atoms with Crippen molar-refractivity contribution in [2.24, 2.45) is 22.2 Å². The Balaban J connectivity index is -0.000000568. The zero-order chi connectivity index (χ0) is 21.3. The number of ether oxygens (including phenoxy) is 1. The predicted octanol–water partition coefficient (Wildman–Crippen LogP) is -1.88. The molecule has 0 aromatic carbocycles. The maximum Gasteiger partial charge on any atom is 0.370 e. The number of primary amides is 1. The Bertz CT molecular complexity index is 513. The van der Waals surface area contributed by atoms with Gasteiger partial charge >= 0.3 is 5.97 Å². The van der Waals surface area contributed by atoms with Crippen LogP contribution in [0.25, 0.3) is 0 Å². The fourth-order valence-electron chi connectivity index (χ4n) is 1.69. The van der Waals surface area contributed by atoms with Gasteiger partial charge in [-0.25, -0.2) is 9.79 Å². The Hall–Kier alpha value is -3.21. The number of nitrogens with two attached hydrogens (primary N) is 3. The number of carbonyl (C=O) groups is 2. The Morgan fingerprint density at radius 3 is 2.12 bits per heavy atom. The van der Waals surface area contributed by atoms with Crippen LogP contribution in [0.5, 0.6) is 0 Å². The Kier molecular flexibility index (Phi) is 17.7. The number of hydrogen-bond acceptors (Lipinski definition) is 6. The summed E-state index contributed by atoms with van der Waals surface area (Å²) in [4.78, 5) is 23.9. The summed E-state index contributed by atoms with van der Waals surface area (Å²) in [7, 11) is 0. The third kappa shape index (κ3) is 14.4. The van der Waals surface area contributed by atoms with Crippen LogP contribution >= 0.6 is 0 Å². The van der Waals surface area contributed by atoms with E-state index in [0.29, 0.717) is 0 Å². The molecule has 1 unspecified atom stereocenters. The van der Waals surface area contributed by atoms with Crippen molar-refractivity contribution >= 4 is 17.8 Å². The zero-order valence-electron chi connectivity index (χ0n) is 14.5. The largest absolute Gasteiger partial charge is 0.481 e. The van der Waals surface area contributed by atoms with E-state index in [1.807, 2.05) is 0 Å². The number of carboxylic acids is 1. The van der Waals surface area contributed by atoms with Gasteiger partial charge in [-0.3, -0.25) is 4.79 Å². The highest BCUT2D eigenvalue weighted by molar-refractivity contribution is 5.84. The first-order valence-corrected chi connectivity index (χ1v) is 7.09. The molecule has 3 atom stereocenters. The topological polar surface area (TPSA) is 194 Å². The maximum absolute atomic E-state index is 10.9. The summed E-state index contributed by atoms with van der Waals surface area (Å²) in [5.74, 6) is -2.07. The van der Waals surface area contributed by atoms with E-state index >= 15 is 0 Å². The molecule has 146 valence electrons. The van der Waals surface area contributed by atoms with Crippen molar-refractivity contribution < 1.29 is 29.6 Å². The van der Waals surface area contributed by atoms with Gasteiger partial charge < -0.3 is 37.3 Å². The van der Waals surface area contributed by atoms with E-state index in [4.69, 9.17) is 26.4 Å². The molecule has 0 aliphatic carbocycles. The monoisotopic (exact) mass is 370 g/mol. The molecule has 0 radical (unpaired) electrons. The van der Waals surface area contributed by atoms with Gasteiger partial charge in [-0.15, -0.1) is 25.7 Å². The smallest absolute Gasteiger partial charge is 0.370 e. The number of carboxylic acid groups (broad SMARTS) is 1. The molecule has 26 heavy (non-hydrogen) atoms. The first-order valence-electron chi connectivity index (χ1n) is 7.09. The second-order valence-electron chi connectivity index (χ2n) is 4.54. The standard InChI is InChI=1S/C10H17N3O5.C2H5NO.2C2H2/c11-10(12)13-5-3-7(6(15)1-2-14)18-8(4-5)9(16)17;1-2(3)4;2*1-2/h4-7,14-15H,1-3H2,(H,16,17)(H4,11,12,13);1H3,(H2,3,4);2*1-2H/t5-,6-,7?;;;/m1.../s1. The minimum atomic E-state index is -1.26. The van der Waals surface area contributed by atoms with Crippen LogP contribution in [0.1, 0.15) is 19.8 Å². The van der Waals surface area contributed by atoms with Crippen molar-refractivity contribution in [2.45, 2.75) is 38.0 Å². The number of amides is 1. The van der Waals surface area contributed by atoms with Crippen LogP contribution in [-0.2, 0) is 14.3 Å². The summed E-state index contributed by atoms with van der Waals surface area (Å²) in [5.41, 5.74) is 14.9. The molecule has 0 fully saturated rings. The number of guanidine groups is 1. The second kappa shape index (κ2) is 16.6. The molecule has 0 spiro atoms. The molecular weight excluding hydrogens is 344 g/mol. The van der Waals surface area contributed by atoms with Crippen LogP contribution in [0, 0.1) is 25.7 Å². The van der Waals surface area contributed by atoms with Crippen LogP contribution < -0.4 is 17.2 Å². The summed E-state index contributed by atoms with van der Waals surface area (Å²) in [6.45, 7) is 1.08. The fraction of sp³-hybridized carbons (Fsp3) is 0.438. The highest BCUT2D eigenvalue weighted by atomic mass is 16.5. The number of aliphatic hydroxyl groups excluding tert-OH is 2. The van der Waals surface area contributed by atoms with Gasteiger partial charge in [0.15, 0.2) is 5.96 Å². The maximum atomic E-state index is 10.9. The number of nitrogens with zero attached hydrogens (tertiary/aromatic N) is 1. The van der Waals surface area contributed by atoms with E-state index in [0.717, 1.165) is 0 Å². The van der Waals surface area contributed by atoms with Gasteiger partial charge in [0.05, 0.1) is 12.1 Å². The van der Waals surface area contributed by atoms with Crippen molar-refractivity contribution in [3.05, 3.63) is 11.8 Å². The number of aliphatic carboxylic acids is 1. The second-order valence-corrected chi connectivity index (χ2v) is 4.54. The van der Waals surface area contributed by atoms with Crippen molar-refractivity contribution in [1.29, 1.82) is 0 Å². The molecule has 1 rings (SSSR count). The Morgan fingerprint density at radius 1 is 1.31 bits per heavy atom. The molecule has 0 saturated carbocycles. The van der Waals surface area contributed by atoms with Gasteiger partial charge in [-0.2, -0.15) is 0 Å². The number of carbonyl (C=O) groups excluding carboxylic acids is 1. The quantitative estimate of drug-likeness (QED) is 0.184. The van der Waals surface area contributed by atoms with Gasteiger partial charge in [0, 0.05) is 26.4 Å². The molecule has 1 heterocycles. The Morgan fingerprint density at radius 2 is 1.77 bits per heavy atom. The lowest BCUT2D eigenvalue weighted by molar-refractivity contribution is -0.140. The van der Waals surface area contributed by atoms with Gasteiger partial charge in [-0.1, -0.05) is 0 Å². The lowest BCUT2D eigenvalue weighted by Crippen LogP contribution is -2.38. The summed E-state index contributed by atoms with van der Waals surface area (Å²) in [5, 5.41) is 27.3. The normalized spacial score (nSPS) is 18.2. The van der Waals surface area contributed by atoms with Crippen molar-refractivity contribution in [2.75, 3.05) is 6.61 Å². The highest BCUT2D eigenvalue weighted by Crippen LogP contribution is 2.23. The molecule has 9 N–H and O–H groups in total. The van der Waals surface area contributed by atoms with E-state index < -0.39 is 24.2 Å². The summed E-state index contributed by atoms with van der Waals surface area (Å²) in [6, 6.07) is -0.562. The fourth-order valence-corrected chi connectivity index (χ4v) is 1.69. The summed E-state index contributed by atoms with van der Waals surface area (Å²) >= 11 is 0. The number of aliphatic hydroxyl groups is 2. The van der Waals surface area contributed by atoms with Crippen LogP contribution in [0.2, 0.25) is 0 Å². The van der Waals surface area contributed by atoms with E-state index in [1.54, 1.807) is 0 Å². The van der Waals surface area contributed by atoms with Crippen molar-refractivity contribution in [3.63, 3.8) is 0 Å². The van der Waals surface area contributed by atoms with Crippen molar-refractivity contribution in [1.82, 2.24) is 0 Å². The summed E-state index contributed by atoms with van der Waals surface area (Å²) in [6.07, 6.45) is 15.9. The molecule has 1 aliphatic rings. The third-order valence-corrected chi connectivity index (χ3v) is 2.48. The molecule has 0 saturated heterocycles. The third-order valence-electron chi connectivity index (χ3n) is 2.48. The van der Waals surface area contributed by atoms with E-state index in [2.05, 4.69) is 36.4 Å². The van der Waals surface area contributed by atoms with Crippen LogP contribution in [-0.4, -0.2) is 58.0 Å². The SMILES string of the molecule is C#C.C#C.CC(N)=O.NC(N)=N[C@H]1C=C(C(=O)O)OC([C@H](O)CCO)C1. The lowest BCUT2D eigenvalue weighted by atomic mass is 9.99. The lowest BCUT2D eigenvalue weighted by Gasteiger charge is -2.29. The van der Waals surface area contributed by atoms with Crippen molar-refractivity contribution in [3.8, 4) is 25.7 Å². The van der Waals surface area contributed by atoms with Gasteiger partial charge in [0.25, 0.3) is 0 Å². The van der Waals surface area contributed by atoms with E-state index in [1.165, 1.54) is 13.0 Å². The first kappa shape index (κ1) is 27.6. The van der Waals surface area contributed by atoms with Gasteiger partial charge in [0.2, 0.25) is 11.7 Å². The summed E-state index contributed by atoms with van der Waals surface area (Å²) < 4.78 is 5.12. The van der Waals surface area contributed by atoms with E-state index in [-0.39, 0.29) is 37.1 Å². The minimum Gasteiger partial charge on any atom is -0.481 e. The van der Waals surface area contributed by atoms with Crippen LogP contribution in [0.3, 0.4) is 0 Å². The molecular formula is C16H26N4O6. The molecule has 10 heteroatoms. The predicted molar refractivity (Wildman–Crippen MR) is 97.2 cm³/mol. The number of terminal acetylenes is 2. The van der Waals surface area contributed by atoms with Crippen LogP contribution in [0.15, 0.2) is 16.8 Å². The molecule has 0 aromatic heterocycles. The Labute approximate surface area is 152 Å².